The molecule has 4 nitrogen and oxygen atoms in total. The summed E-state index contributed by atoms with van der Waals surface area (Å²) in [4.78, 5) is 14.4. The minimum absolute atomic E-state index is 0.0403. The number of urea groups is 1. The molecule has 2 rings (SSSR count). The van der Waals surface area contributed by atoms with Crippen LogP contribution in [0.1, 0.15) is 39.2 Å². The van der Waals surface area contributed by atoms with Gasteiger partial charge in [-0.25, -0.2) is 4.79 Å². The Balaban J connectivity index is 1.77. The number of carbonyl (C=O) groups excluding carboxylic acids is 1. The second-order valence-corrected chi connectivity index (χ2v) is 7.45. The summed E-state index contributed by atoms with van der Waals surface area (Å²) in [5, 5.41) is 6.08. The maximum atomic E-state index is 12.0. The van der Waals surface area contributed by atoms with Gasteiger partial charge in [0.1, 0.15) is 0 Å². The van der Waals surface area contributed by atoms with E-state index in [1.54, 1.807) is 0 Å². The fourth-order valence-electron chi connectivity index (χ4n) is 2.74. The van der Waals surface area contributed by atoms with Crippen molar-refractivity contribution in [1.29, 1.82) is 0 Å². The average molecular weight is 303 g/mol. The third kappa shape index (κ3) is 6.06. The largest absolute Gasteiger partial charge is 0.338 e. The van der Waals surface area contributed by atoms with Gasteiger partial charge in [0.2, 0.25) is 0 Å². The highest BCUT2D eigenvalue weighted by atomic mass is 16.2. The molecule has 1 unspecified atom stereocenters. The van der Waals surface area contributed by atoms with E-state index >= 15 is 0 Å². The molecule has 1 aliphatic rings. The first-order valence-corrected chi connectivity index (χ1v) is 8.23. The molecule has 2 N–H and O–H groups in total. The number of amides is 2. The molecule has 1 saturated heterocycles. The van der Waals surface area contributed by atoms with Crippen LogP contribution in [0, 0.1) is 5.41 Å². The number of nitrogens with zero attached hydrogens (tertiary/aromatic N) is 1. The first-order chi connectivity index (χ1) is 10.4. The molecule has 1 aromatic rings. The maximum absolute atomic E-state index is 12.0. The van der Waals surface area contributed by atoms with Crippen molar-refractivity contribution in [2.24, 2.45) is 5.41 Å². The van der Waals surface area contributed by atoms with E-state index in [0.29, 0.717) is 6.54 Å². The third-order valence-electron chi connectivity index (χ3n) is 3.87. The SMILES string of the molecule is CC(C)(C)CNC(=O)NC1CCCN(Cc2ccccc2)C1. The number of nitrogens with one attached hydrogen (secondary N) is 2. The summed E-state index contributed by atoms with van der Waals surface area (Å²) in [6.45, 7) is 10.1. The number of hydrogen-bond donors (Lipinski definition) is 2. The highest BCUT2D eigenvalue weighted by Gasteiger charge is 2.22. The third-order valence-corrected chi connectivity index (χ3v) is 3.87. The van der Waals surface area contributed by atoms with Crippen LogP contribution in [0.25, 0.3) is 0 Å². The molecule has 0 aliphatic carbocycles. The van der Waals surface area contributed by atoms with Gasteiger partial charge in [0.25, 0.3) is 0 Å². The normalized spacial score (nSPS) is 19.7. The van der Waals surface area contributed by atoms with Gasteiger partial charge in [-0.2, -0.15) is 0 Å². The number of rotatable bonds is 4. The van der Waals surface area contributed by atoms with Crippen LogP contribution in [0.15, 0.2) is 30.3 Å². The van der Waals surface area contributed by atoms with Crippen LogP contribution in [0.4, 0.5) is 4.79 Å². The van der Waals surface area contributed by atoms with E-state index in [-0.39, 0.29) is 17.5 Å². The second kappa shape index (κ2) is 7.63. The van der Waals surface area contributed by atoms with Crippen molar-refractivity contribution < 1.29 is 4.79 Å². The zero-order chi connectivity index (χ0) is 16.0. The highest BCUT2D eigenvalue weighted by Crippen LogP contribution is 2.14. The Kier molecular flexibility index (Phi) is 5.83. The van der Waals surface area contributed by atoms with Gasteiger partial charge in [-0.1, -0.05) is 51.1 Å². The lowest BCUT2D eigenvalue weighted by atomic mass is 9.97. The lowest BCUT2D eigenvalue weighted by Crippen LogP contribution is -2.51. The molecule has 122 valence electrons. The first-order valence-electron chi connectivity index (χ1n) is 8.23. The van der Waals surface area contributed by atoms with Crippen molar-refractivity contribution >= 4 is 6.03 Å². The maximum Gasteiger partial charge on any atom is 0.315 e. The Morgan fingerprint density at radius 2 is 2.00 bits per heavy atom. The fraction of sp³-hybridized carbons (Fsp3) is 0.611. The van der Waals surface area contributed by atoms with E-state index < -0.39 is 0 Å². The first kappa shape index (κ1) is 16.8. The quantitative estimate of drug-likeness (QED) is 0.898. The van der Waals surface area contributed by atoms with Gasteiger partial charge in [-0.15, -0.1) is 0 Å². The number of hydrogen-bond acceptors (Lipinski definition) is 2. The molecule has 0 aromatic heterocycles. The zero-order valence-corrected chi connectivity index (χ0v) is 14.1. The number of carbonyl (C=O) groups is 1. The molecular weight excluding hydrogens is 274 g/mol. The van der Waals surface area contributed by atoms with Gasteiger partial charge in [0.05, 0.1) is 0 Å². The number of likely N-dealkylation sites (tertiary alicyclic amines) is 1. The van der Waals surface area contributed by atoms with E-state index in [4.69, 9.17) is 0 Å². The lowest BCUT2D eigenvalue weighted by Gasteiger charge is -2.33. The van der Waals surface area contributed by atoms with E-state index in [0.717, 1.165) is 32.5 Å². The monoisotopic (exact) mass is 303 g/mol. The van der Waals surface area contributed by atoms with Crippen LogP contribution in [0.5, 0.6) is 0 Å². The van der Waals surface area contributed by atoms with Gasteiger partial charge < -0.3 is 10.6 Å². The molecular formula is C18H29N3O. The van der Waals surface area contributed by atoms with Gasteiger partial charge in [0, 0.05) is 25.7 Å². The van der Waals surface area contributed by atoms with Crippen molar-refractivity contribution in [2.75, 3.05) is 19.6 Å². The number of benzene rings is 1. The van der Waals surface area contributed by atoms with Crippen molar-refractivity contribution in [3.63, 3.8) is 0 Å². The van der Waals surface area contributed by atoms with Crippen LogP contribution < -0.4 is 10.6 Å². The summed E-state index contributed by atoms with van der Waals surface area (Å²) >= 11 is 0. The van der Waals surface area contributed by atoms with Crippen LogP contribution >= 0.6 is 0 Å². The Bertz CT molecular complexity index is 467. The number of piperidine rings is 1. The van der Waals surface area contributed by atoms with E-state index in [9.17, 15) is 4.79 Å². The van der Waals surface area contributed by atoms with Crippen LogP contribution in [-0.2, 0) is 6.54 Å². The minimum Gasteiger partial charge on any atom is -0.338 e. The molecule has 1 aliphatic heterocycles. The van der Waals surface area contributed by atoms with E-state index in [1.807, 2.05) is 6.07 Å². The van der Waals surface area contributed by atoms with Crippen molar-refractivity contribution in [3.05, 3.63) is 35.9 Å². The van der Waals surface area contributed by atoms with Crippen LogP contribution in [-0.4, -0.2) is 36.6 Å². The van der Waals surface area contributed by atoms with Crippen molar-refractivity contribution in [1.82, 2.24) is 15.5 Å². The topological polar surface area (TPSA) is 44.4 Å². The molecule has 22 heavy (non-hydrogen) atoms. The predicted octanol–water partition coefficient (Wildman–Crippen LogP) is 3.00. The average Bonchev–Trinajstić information content (AvgIpc) is 2.46. The summed E-state index contributed by atoms with van der Waals surface area (Å²) in [6.07, 6.45) is 2.20. The smallest absolute Gasteiger partial charge is 0.315 e. The summed E-state index contributed by atoms with van der Waals surface area (Å²) in [5.41, 5.74) is 1.45. The molecule has 2 amide bonds. The Morgan fingerprint density at radius 3 is 2.68 bits per heavy atom. The van der Waals surface area contributed by atoms with Crippen LogP contribution in [0.2, 0.25) is 0 Å². The second-order valence-electron chi connectivity index (χ2n) is 7.45. The standard InChI is InChI=1S/C18H29N3O/c1-18(2,3)14-19-17(22)20-16-10-7-11-21(13-16)12-15-8-5-4-6-9-15/h4-6,8-9,16H,7,10-14H2,1-3H3,(H2,19,20,22). The summed E-state index contributed by atoms with van der Waals surface area (Å²) < 4.78 is 0. The van der Waals surface area contributed by atoms with Gasteiger partial charge in [0.15, 0.2) is 0 Å². The Hall–Kier alpha value is -1.55. The van der Waals surface area contributed by atoms with Gasteiger partial charge >= 0.3 is 6.03 Å². The summed E-state index contributed by atoms with van der Waals surface area (Å²) in [5.74, 6) is 0. The van der Waals surface area contributed by atoms with Crippen molar-refractivity contribution in [2.45, 2.75) is 46.2 Å². The van der Waals surface area contributed by atoms with Crippen LogP contribution in [0.3, 0.4) is 0 Å². The molecule has 0 spiro atoms. The zero-order valence-electron chi connectivity index (χ0n) is 14.1. The van der Waals surface area contributed by atoms with E-state index in [2.05, 4.69) is 60.6 Å². The van der Waals surface area contributed by atoms with Crippen molar-refractivity contribution in [3.8, 4) is 0 Å². The Labute approximate surface area is 134 Å². The highest BCUT2D eigenvalue weighted by molar-refractivity contribution is 5.74. The lowest BCUT2D eigenvalue weighted by molar-refractivity contribution is 0.179. The van der Waals surface area contributed by atoms with E-state index in [1.165, 1.54) is 5.56 Å². The Morgan fingerprint density at radius 1 is 1.27 bits per heavy atom. The fourth-order valence-corrected chi connectivity index (χ4v) is 2.74. The molecule has 1 heterocycles. The summed E-state index contributed by atoms with van der Waals surface area (Å²) in [7, 11) is 0. The predicted molar refractivity (Wildman–Crippen MR) is 90.7 cm³/mol. The molecule has 1 aromatic carbocycles. The van der Waals surface area contributed by atoms with Gasteiger partial charge in [-0.3, -0.25) is 4.90 Å². The molecule has 4 heteroatoms. The molecule has 0 bridgehead atoms. The molecule has 0 radical (unpaired) electrons. The summed E-state index contributed by atoms with van der Waals surface area (Å²) in [6, 6.07) is 10.7. The molecule has 1 fully saturated rings. The van der Waals surface area contributed by atoms with Gasteiger partial charge in [-0.05, 0) is 30.4 Å². The molecule has 1 atom stereocenters. The minimum atomic E-state index is -0.0403. The molecule has 0 saturated carbocycles.